The first-order chi connectivity index (χ1) is 5.24. The lowest BCUT2D eigenvalue weighted by Crippen LogP contribution is -1.97. The number of hydrogen-bond donors (Lipinski definition) is 2. The van der Waals surface area contributed by atoms with Gasteiger partial charge in [-0.05, 0) is 17.7 Å². The lowest BCUT2D eigenvalue weighted by molar-refractivity contribution is 0.985. The van der Waals surface area contributed by atoms with Gasteiger partial charge in [0, 0.05) is 6.54 Å². The SMILES string of the molecule is SNCc1ccc(Cl)c(Cl)c1. The topological polar surface area (TPSA) is 12.0 Å². The first-order valence-corrected chi connectivity index (χ1v) is 4.25. The van der Waals surface area contributed by atoms with E-state index in [1.165, 1.54) is 0 Å². The van der Waals surface area contributed by atoms with Crippen LogP contribution in [0.3, 0.4) is 0 Å². The van der Waals surface area contributed by atoms with Gasteiger partial charge >= 0.3 is 0 Å². The van der Waals surface area contributed by atoms with Crippen LogP contribution in [0.4, 0.5) is 0 Å². The summed E-state index contributed by atoms with van der Waals surface area (Å²) in [6.45, 7) is 0.681. The minimum absolute atomic E-state index is 0.577. The molecule has 0 amide bonds. The Balaban J connectivity index is 2.86. The molecule has 0 atom stereocenters. The van der Waals surface area contributed by atoms with Crippen molar-refractivity contribution in [2.45, 2.75) is 6.54 Å². The van der Waals surface area contributed by atoms with Crippen LogP contribution in [0.25, 0.3) is 0 Å². The molecule has 0 saturated heterocycles. The molecule has 0 heterocycles. The number of halogens is 2. The van der Waals surface area contributed by atoms with Crippen molar-refractivity contribution < 1.29 is 0 Å². The van der Waals surface area contributed by atoms with E-state index in [2.05, 4.69) is 17.5 Å². The van der Waals surface area contributed by atoms with E-state index in [0.29, 0.717) is 16.6 Å². The molecule has 0 aliphatic rings. The van der Waals surface area contributed by atoms with E-state index in [-0.39, 0.29) is 0 Å². The van der Waals surface area contributed by atoms with Gasteiger partial charge in [-0.3, -0.25) is 4.72 Å². The van der Waals surface area contributed by atoms with Gasteiger partial charge < -0.3 is 0 Å². The van der Waals surface area contributed by atoms with Gasteiger partial charge in [-0.1, -0.05) is 42.1 Å². The Kier molecular flexibility index (Phi) is 3.52. The summed E-state index contributed by atoms with van der Waals surface area (Å²) in [5.41, 5.74) is 1.06. The van der Waals surface area contributed by atoms with Crippen LogP contribution in [0.15, 0.2) is 18.2 Å². The van der Waals surface area contributed by atoms with Crippen molar-refractivity contribution in [3.63, 3.8) is 0 Å². The number of thiol groups is 1. The fraction of sp³-hybridized carbons (Fsp3) is 0.143. The summed E-state index contributed by atoms with van der Waals surface area (Å²) in [6.07, 6.45) is 0. The highest BCUT2D eigenvalue weighted by Gasteiger charge is 1.97. The lowest BCUT2D eigenvalue weighted by Gasteiger charge is -2.00. The van der Waals surface area contributed by atoms with Gasteiger partial charge in [0.25, 0.3) is 0 Å². The normalized spacial score (nSPS) is 10.1. The molecule has 0 saturated carbocycles. The summed E-state index contributed by atoms with van der Waals surface area (Å²) in [6, 6.07) is 5.48. The summed E-state index contributed by atoms with van der Waals surface area (Å²) < 4.78 is 2.72. The maximum Gasteiger partial charge on any atom is 0.0595 e. The van der Waals surface area contributed by atoms with Crippen molar-refractivity contribution in [3.8, 4) is 0 Å². The molecule has 0 aliphatic heterocycles. The fourth-order valence-electron chi connectivity index (χ4n) is 0.741. The zero-order valence-electron chi connectivity index (χ0n) is 5.64. The highest BCUT2D eigenvalue weighted by molar-refractivity contribution is 7.78. The minimum atomic E-state index is 0.577. The van der Waals surface area contributed by atoms with Gasteiger partial charge in [-0.25, -0.2) is 0 Å². The van der Waals surface area contributed by atoms with Crippen LogP contribution in [0.2, 0.25) is 10.0 Å². The van der Waals surface area contributed by atoms with Crippen molar-refractivity contribution in [1.29, 1.82) is 0 Å². The maximum atomic E-state index is 5.76. The molecule has 0 aliphatic carbocycles. The highest BCUT2D eigenvalue weighted by atomic mass is 35.5. The molecule has 0 unspecified atom stereocenters. The van der Waals surface area contributed by atoms with Crippen molar-refractivity contribution in [2.75, 3.05) is 0 Å². The van der Waals surface area contributed by atoms with Gasteiger partial charge in [-0.15, -0.1) is 0 Å². The Labute approximate surface area is 81.2 Å². The summed E-state index contributed by atoms with van der Waals surface area (Å²) in [7, 11) is 0. The largest absolute Gasteiger partial charge is 0.262 e. The smallest absolute Gasteiger partial charge is 0.0595 e. The third-order valence-electron chi connectivity index (χ3n) is 1.27. The van der Waals surface area contributed by atoms with E-state index in [9.17, 15) is 0 Å². The number of nitrogens with one attached hydrogen (secondary N) is 1. The second-order valence-corrected chi connectivity index (χ2v) is 3.21. The summed E-state index contributed by atoms with van der Waals surface area (Å²) >= 11 is 15.3. The molecule has 1 nitrogen and oxygen atoms in total. The fourth-order valence-corrected chi connectivity index (χ4v) is 1.24. The van der Waals surface area contributed by atoms with Gasteiger partial charge in [0.15, 0.2) is 0 Å². The summed E-state index contributed by atoms with van der Waals surface area (Å²) in [5.74, 6) is 0. The zero-order chi connectivity index (χ0) is 8.27. The molecule has 1 N–H and O–H groups in total. The molecule has 0 spiro atoms. The number of rotatable bonds is 2. The van der Waals surface area contributed by atoms with Crippen LogP contribution in [0.5, 0.6) is 0 Å². The molecule has 0 bridgehead atoms. The Hall–Kier alpha value is 0.110. The van der Waals surface area contributed by atoms with Gasteiger partial charge in [0.05, 0.1) is 10.0 Å². The van der Waals surface area contributed by atoms with Crippen LogP contribution < -0.4 is 4.72 Å². The van der Waals surface area contributed by atoms with Crippen molar-refractivity contribution in [2.24, 2.45) is 0 Å². The Bertz CT molecular complexity index is 252. The molecule has 60 valence electrons. The van der Waals surface area contributed by atoms with E-state index in [1.54, 1.807) is 6.07 Å². The van der Waals surface area contributed by atoms with Crippen molar-refractivity contribution in [3.05, 3.63) is 33.8 Å². The van der Waals surface area contributed by atoms with E-state index >= 15 is 0 Å². The Morgan fingerprint density at radius 3 is 2.55 bits per heavy atom. The van der Waals surface area contributed by atoms with E-state index < -0.39 is 0 Å². The van der Waals surface area contributed by atoms with Gasteiger partial charge in [0.2, 0.25) is 0 Å². The second kappa shape index (κ2) is 4.21. The molecule has 0 fully saturated rings. The van der Waals surface area contributed by atoms with Crippen LogP contribution in [-0.2, 0) is 6.54 Å². The maximum absolute atomic E-state index is 5.76. The molecule has 0 radical (unpaired) electrons. The van der Waals surface area contributed by atoms with Crippen LogP contribution in [-0.4, -0.2) is 0 Å². The van der Waals surface area contributed by atoms with E-state index in [1.807, 2.05) is 12.1 Å². The quantitative estimate of drug-likeness (QED) is 0.712. The van der Waals surface area contributed by atoms with Gasteiger partial charge in [0.1, 0.15) is 0 Å². The molecule has 11 heavy (non-hydrogen) atoms. The van der Waals surface area contributed by atoms with Crippen LogP contribution >= 0.6 is 36.0 Å². The summed E-state index contributed by atoms with van der Waals surface area (Å²) in [5, 5.41) is 1.15. The van der Waals surface area contributed by atoms with E-state index in [0.717, 1.165) is 5.56 Å². The molecule has 0 aromatic heterocycles. The molecule has 1 aromatic carbocycles. The first-order valence-electron chi connectivity index (χ1n) is 3.05. The van der Waals surface area contributed by atoms with Gasteiger partial charge in [-0.2, -0.15) is 0 Å². The minimum Gasteiger partial charge on any atom is -0.262 e. The molecular formula is C7H7Cl2NS. The monoisotopic (exact) mass is 207 g/mol. The highest BCUT2D eigenvalue weighted by Crippen LogP contribution is 2.22. The third-order valence-corrected chi connectivity index (χ3v) is 2.16. The number of hydrogen-bond acceptors (Lipinski definition) is 2. The third kappa shape index (κ3) is 2.56. The predicted octanol–water partition coefficient (Wildman–Crippen LogP) is 2.93. The molecule has 1 aromatic rings. The number of benzene rings is 1. The summed E-state index contributed by atoms with van der Waals surface area (Å²) in [4.78, 5) is 0. The molecular weight excluding hydrogens is 201 g/mol. The Morgan fingerprint density at radius 1 is 1.27 bits per heavy atom. The lowest BCUT2D eigenvalue weighted by atomic mass is 10.2. The van der Waals surface area contributed by atoms with E-state index in [4.69, 9.17) is 23.2 Å². The standard InChI is InChI=1S/C7H7Cl2NS/c8-6-2-1-5(4-10-11)3-7(6)9/h1-3,10-11H,4H2. The molecule has 4 heteroatoms. The van der Waals surface area contributed by atoms with Crippen LogP contribution in [0.1, 0.15) is 5.56 Å². The first kappa shape index (κ1) is 9.20. The van der Waals surface area contributed by atoms with Crippen molar-refractivity contribution >= 4 is 36.0 Å². The van der Waals surface area contributed by atoms with Crippen LogP contribution in [0, 0.1) is 0 Å². The average molecular weight is 208 g/mol. The Morgan fingerprint density at radius 2 is 2.00 bits per heavy atom. The molecule has 1 rings (SSSR count). The zero-order valence-corrected chi connectivity index (χ0v) is 8.05. The average Bonchev–Trinajstić information content (AvgIpc) is 1.98. The van der Waals surface area contributed by atoms with Crippen molar-refractivity contribution in [1.82, 2.24) is 4.72 Å². The predicted molar refractivity (Wildman–Crippen MR) is 52.3 cm³/mol. The second-order valence-electron chi connectivity index (χ2n) is 2.08.